The van der Waals surface area contributed by atoms with E-state index in [4.69, 9.17) is 18.5 Å². The standard InChI is InChI=1S/C46H90NO9P/c1-3-5-7-9-11-13-15-17-19-21-23-25-27-29-31-35-40-53-42-44(43-55-57(51,52)54-41-38-47-45(49)36-33-34-39-48)56-46(50)37-32-30-28-26-24-22-20-18-16-14-12-10-8-6-4-2/h39,44H,3-38,40-43H2,1-2H3,(H,47,49)(H,51,52)/t44-/m0/s1. The topological polar surface area (TPSA) is 137 Å². The smallest absolute Gasteiger partial charge is 0.457 e. The largest absolute Gasteiger partial charge is 0.472 e. The Morgan fingerprint density at radius 3 is 1.40 bits per heavy atom. The maximum absolute atomic E-state index is 12.7. The molecule has 57 heavy (non-hydrogen) atoms. The molecule has 0 aliphatic rings. The molecule has 0 fully saturated rings. The third-order valence-corrected chi connectivity index (χ3v) is 11.5. The van der Waals surface area contributed by atoms with Crippen LogP contribution in [0.1, 0.15) is 239 Å². The van der Waals surface area contributed by atoms with Crippen molar-refractivity contribution in [1.29, 1.82) is 0 Å². The van der Waals surface area contributed by atoms with Gasteiger partial charge < -0.3 is 24.5 Å². The third kappa shape index (κ3) is 44.1. The summed E-state index contributed by atoms with van der Waals surface area (Å²) in [6.07, 6.45) is 40.6. The predicted molar refractivity (Wildman–Crippen MR) is 234 cm³/mol. The minimum atomic E-state index is -4.45. The van der Waals surface area contributed by atoms with Crippen LogP contribution in [0.5, 0.6) is 0 Å². The van der Waals surface area contributed by atoms with E-state index >= 15 is 0 Å². The third-order valence-electron chi connectivity index (χ3n) is 10.6. The van der Waals surface area contributed by atoms with Crippen LogP contribution in [0.4, 0.5) is 0 Å². The monoisotopic (exact) mass is 832 g/mol. The number of carbonyl (C=O) groups excluding carboxylic acids is 3. The summed E-state index contributed by atoms with van der Waals surface area (Å²) in [6.45, 7) is 4.57. The maximum Gasteiger partial charge on any atom is 0.472 e. The fraction of sp³-hybridized carbons (Fsp3) is 0.935. The molecule has 2 atom stereocenters. The van der Waals surface area contributed by atoms with Crippen LogP contribution in [0.15, 0.2) is 0 Å². The lowest BCUT2D eigenvalue weighted by Crippen LogP contribution is -2.29. The molecule has 0 saturated carbocycles. The van der Waals surface area contributed by atoms with Gasteiger partial charge in [0.15, 0.2) is 0 Å². The van der Waals surface area contributed by atoms with Gasteiger partial charge in [0.05, 0.1) is 19.8 Å². The normalized spacial score (nSPS) is 13.0. The van der Waals surface area contributed by atoms with Gasteiger partial charge in [0, 0.05) is 32.4 Å². The number of phosphoric acid groups is 1. The first-order chi connectivity index (χ1) is 27.8. The highest BCUT2D eigenvalue weighted by atomic mass is 31.2. The molecule has 0 bridgehead atoms. The van der Waals surface area contributed by atoms with E-state index in [9.17, 15) is 23.8 Å². The Balaban J connectivity index is 4.30. The molecule has 1 amide bonds. The fourth-order valence-corrected chi connectivity index (χ4v) is 7.72. The molecule has 0 spiro atoms. The summed E-state index contributed by atoms with van der Waals surface area (Å²) in [6, 6.07) is 0. The van der Waals surface area contributed by atoms with Gasteiger partial charge in [-0.3, -0.25) is 18.6 Å². The molecular weight excluding hydrogens is 741 g/mol. The molecule has 0 rings (SSSR count). The molecule has 0 heterocycles. The van der Waals surface area contributed by atoms with E-state index in [0.717, 1.165) is 38.4 Å². The van der Waals surface area contributed by atoms with Crippen LogP contribution in [-0.2, 0) is 37.5 Å². The van der Waals surface area contributed by atoms with Gasteiger partial charge in [-0.05, 0) is 19.3 Å². The van der Waals surface area contributed by atoms with Gasteiger partial charge in [0.1, 0.15) is 12.4 Å². The molecule has 2 N–H and O–H groups in total. The first-order valence-corrected chi connectivity index (χ1v) is 25.4. The van der Waals surface area contributed by atoms with Crippen molar-refractivity contribution in [2.45, 2.75) is 245 Å². The van der Waals surface area contributed by atoms with Gasteiger partial charge in [-0.2, -0.15) is 0 Å². The Morgan fingerprint density at radius 2 is 0.965 bits per heavy atom. The zero-order valence-electron chi connectivity index (χ0n) is 37.1. The van der Waals surface area contributed by atoms with Crippen molar-refractivity contribution in [1.82, 2.24) is 5.32 Å². The molecule has 1 unspecified atom stereocenters. The van der Waals surface area contributed by atoms with Gasteiger partial charge in [0.25, 0.3) is 0 Å². The van der Waals surface area contributed by atoms with E-state index in [1.54, 1.807) is 0 Å². The molecule has 0 aromatic rings. The average molecular weight is 832 g/mol. The minimum absolute atomic E-state index is 0.0217. The Morgan fingerprint density at radius 1 is 0.544 bits per heavy atom. The van der Waals surface area contributed by atoms with Crippen molar-refractivity contribution < 1.29 is 42.4 Å². The fourth-order valence-electron chi connectivity index (χ4n) is 6.97. The highest BCUT2D eigenvalue weighted by molar-refractivity contribution is 7.47. The molecule has 0 aliphatic carbocycles. The Bertz CT molecular complexity index is 938. The molecule has 11 heteroatoms. The molecule has 338 valence electrons. The predicted octanol–water partition coefficient (Wildman–Crippen LogP) is 13.1. The molecule has 0 aliphatic heterocycles. The van der Waals surface area contributed by atoms with E-state index in [1.807, 2.05) is 0 Å². The van der Waals surface area contributed by atoms with Gasteiger partial charge >= 0.3 is 13.8 Å². The van der Waals surface area contributed by atoms with Crippen molar-refractivity contribution in [3.05, 3.63) is 0 Å². The second kappa shape index (κ2) is 44.2. The lowest BCUT2D eigenvalue weighted by Gasteiger charge is -2.20. The summed E-state index contributed by atoms with van der Waals surface area (Å²) in [5, 5.41) is 2.58. The Kier molecular flexibility index (Phi) is 43.2. The van der Waals surface area contributed by atoms with Crippen LogP contribution in [0.25, 0.3) is 0 Å². The molecule has 0 aromatic heterocycles. The number of phosphoric ester groups is 1. The Labute approximate surface area is 350 Å². The number of amides is 1. The number of hydrogen-bond donors (Lipinski definition) is 2. The number of carbonyl (C=O) groups is 3. The average Bonchev–Trinajstić information content (AvgIpc) is 3.19. The lowest BCUT2D eigenvalue weighted by atomic mass is 10.0. The highest BCUT2D eigenvalue weighted by Crippen LogP contribution is 2.43. The van der Waals surface area contributed by atoms with Crippen LogP contribution in [-0.4, -0.2) is 62.1 Å². The molecule has 0 saturated heterocycles. The summed E-state index contributed by atoms with van der Waals surface area (Å²) in [4.78, 5) is 45.1. The number of aldehydes is 1. The van der Waals surface area contributed by atoms with E-state index in [0.29, 0.717) is 19.4 Å². The number of nitrogens with one attached hydrogen (secondary N) is 1. The second-order valence-corrected chi connectivity index (χ2v) is 17.6. The van der Waals surface area contributed by atoms with Crippen LogP contribution in [0.3, 0.4) is 0 Å². The first-order valence-electron chi connectivity index (χ1n) is 23.9. The summed E-state index contributed by atoms with van der Waals surface area (Å²) < 4.78 is 34.2. The van der Waals surface area contributed by atoms with Crippen molar-refractivity contribution in [3.63, 3.8) is 0 Å². The van der Waals surface area contributed by atoms with Gasteiger partial charge in [-0.15, -0.1) is 0 Å². The molecule has 0 aromatic carbocycles. The number of esters is 1. The summed E-state index contributed by atoms with van der Waals surface area (Å²) in [7, 11) is -4.45. The molecular formula is C46H90NO9P. The number of ether oxygens (including phenoxy) is 2. The summed E-state index contributed by atoms with van der Waals surface area (Å²) in [5.41, 5.74) is 0. The van der Waals surface area contributed by atoms with Crippen molar-refractivity contribution in [2.24, 2.45) is 0 Å². The zero-order valence-corrected chi connectivity index (χ0v) is 38.0. The number of unbranched alkanes of at least 4 members (excludes halogenated alkanes) is 30. The van der Waals surface area contributed by atoms with Gasteiger partial charge in [-0.25, -0.2) is 4.57 Å². The van der Waals surface area contributed by atoms with Crippen LogP contribution < -0.4 is 5.32 Å². The zero-order chi connectivity index (χ0) is 41.8. The van der Waals surface area contributed by atoms with Crippen molar-refractivity contribution >= 4 is 26.0 Å². The van der Waals surface area contributed by atoms with E-state index in [1.165, 1.54) is 167 Å². The number of hydrogen-bond acceptors (Lipinski definition) is 8. The van der Waals surface area contributed by atoms with E-state index in [2.05, 4.69) is 19.2 Å². The summed E-state index contributed by atoms with van der Waals surface area (Å²) >= 11 is 0. The molecule has 0 radical (unpaired) electrons. The summed E-state index contributed by atoms with van der Waals surface area (Å²) in [5.74, 6) is -0.632. The highest BCUT2D eigenvalue weighted by Gasteiger charge is 2.25. The quantitative estimate of drug-likeness (QED) is 0.0266. The van der Waals surface area contributed by atoms with Crippen LogP contribution in [0, 0.1) is 0 Å². The van der Waals surface area contributed by atoms with Crippen LogP contribution in [0.2, 0.25) is 0 Å². The van der Waals surface area contributed by atoms with Crippen molar-refractivity contribution in [3.8, 4) is 0 Å². The van der Waals surface area contributed by atoms with Crippen molar-refractivity contribution in [2.75, 3.05) is 33.0 Å². The van der Waals surface area contributed by atoms with Gasteiger partial charge in [0.2, 0.25) is 5.91 Å². The maximum atomic E-state index is 12.7. The van der Waals surface area contributed by atoms with E-state index < -0.39 is 13.9 Å². The Hall–Kier alpha value is -1.32. The molecule has 10 nitrogen and oxygen atoms in total. The van der Waals surface area contributed by atoms with Gasteiger partial charge in [-0.1, -0.05) is 200 Å². The van der Waals surface area contributed by atoms with Crippen LogP contribution >= 0.6 is 7.82 Å². The number of rotatable bonds is 47. The van der Waals surface area contributed by atoms with E-state index in [-0.39, 0.29) is 51.1 Å². The second-order valence-electron chi connectivity index (χ2n) is 16.2. The minimum Gasteiger partial charge on any atom is -0.457 e. The first kappa shape index (κ1) is 55.7. The SMILES string of the molecule is CCCCCCCCCCCCCCCCCCOC[C@@H](COP(=O)(O)OCCNC(=O)CCCC=O)OC(=O)CCCCCCCCCCCCCCCCC. The lowest BCUT2D eigenvalue weighted by molar-refractivity contribution is -0.154.